The minimum Gasteiger partial charge on any atom is -0.488 e. The molecule has 0 saturated carbocycles. The number of benzene rings is 1. The van der Waals surface area contributed by atoms with Crippen LogP contribution >= 0.6 is 0 Å². The third-order valence-corrected chi connectivity index (χ3v) is 2.04. The van der Waals surface area contributed by atoms with Gasteiger partial charge in [-0.05, 0) is 31.7 Å². The van der Waals surface area contributed by atoms with Crippen LogP contribution in [0.3, 0.4) is 0 Å². The van der Waals surface area contributed by atoms with E-state index in [4.69, 9.17) is 9.47 Å². The minimum atomic E-state index is 0.0881. The molecule has 0 aromatic heterocycles. The van der Waals surface area contributed by atoms with Crippen LogP contribution in [0.15, 0.2) is 24.3 Å². The van der Waals surface area contributed by atoms with Crippen molar-refractivity contribution in [2.75, 3.05) is 20.8 Å². The first kappa shape index (κ1) is 12.0. The number of hydrogen-bond acceptors (Lipinski definition) is 3. The summed E-state index contributed by atoms with van der Waals surface area (Å²) < 4.78 is 10.6. The fraction of sp³-hybridized carbons (Fsp3) is 0.500. The standard InChI is InChI=1S/C12H19NO2/c1-10(9-14-3)15-12-6-4-11(5-7-12)8-13-2/h4-7,10,13H,8-9H2,1-3H3. The summed E-state index contributed by atoms with van der Waals surface area (Å²) in [5.41, 5.74) is 1.25. The fourth-order valence-corrected chi connectivity index (χ4v) is 1.39. The van der Waals surface area contributed by atoms with Crippen molar-refractivity contribution in [1.82, 2.24) is 5.32 Å². The monoisotopic (exact) mass is 209 g/mol. The highest BCUT2D eigenvalue weighted by atomic mass is 16.5. The largest absolute Gasteiger partial charge is 0.488 e. The van der Waals surface area contributed by atoms with Crippen molar-refractivity contribution in [2.24, 2.45) is 0 Å². The van der Waals surface area contributed by atoms with Crippen molar-refractivity contribution in [3.8, 4) is 5.75 Å². The Labute approximate surface area is 91.4 Å². The molecule has 1 atom stereocenters. The summed E-state index contributed by atoms with van der Waals surface area (Å²) >= 11 is 0. The maximum absolute atomic E-state index is 5.64. The molecule has 1 rings (SSSR count). The van der Waals surface area contributed by atoms with Gasteiger partial charge in [-0.2, -0.15) is 0 Å². The van der Waals surface area contributed by atoms with Crippen LogP contribution in [0.5, 0.6) is 5.75 Å². The smallest absolute Gasteiger partial charge is 0.119 e. The van der Waals surface area contributed by atoms with Crippen LogP contribution < -0.4 is 10.1 Å². The van der Waals surface area contributed by atoms with Crippen molar-refractivity contribution in [3.63, 3.8) is 0 Å². The van der Waals surface area contributed by atoms with Gasteiger partial charge in [0.25, 0.3) is 0 Å². The molecule has 3 heteroatoms. The van der Waals surface area contributed by atoms with Gasteiger partial charge in [0, 0.05) is 13.7 Å². The molecule has 0 aliphatic carbocycles. The van der Waals surface area contributed by atoms with Gasteiger partial charge >= 0.3 is 0 Å². The van der Waals surface area contributed by atoms with E-state index in [-0.39, 0.29) is 6.10 Å². The molecule has 15 heavy (non-hydrogen) atoms. The van der Waals surface area contributed by atoms with Gasteiger partial charge in [0.1, 0.15) is 11.9 Å². The van der Waals surface area contributed by atoms with Crippen LogP contribution in [-0.4, -0.2) is 26.9 Å². The van der Waals surface area contributed by atoms with Gasteiger partial charge < -0.3 is 14.8 Å². The topological polar surface area (TPSA) is 30.5 Å². The van der Waals surface area contributed by atoms with E-state index in [9.17, 15) is 0 Å². The molecule has 1 aromatic rings. The normalized spacial score (nSPS) is 12.5. The lowest BCUT2D eigenvalue weighted by molar-refractivity contribution is 0.0921. The molecule has 84 valence electrons. The van der Waals surface area contributed by atoms with E-state index in [1.165, 1.54) is 5.56 Å². The molecular weight excluding hydrogens is 190 g/mol. The quantitative estimate of drug-likeness (QED) is 0.775. The average molecular weight is 209 g/mol. The molecule has 1 unspecified atom stereocenters. The first-order valence-electron chi connectivity index (χ1n) is 5.15. The summed E-state index contributed by atoms with van der Waals surface area (Å²) in [5.74, 6) is 0.888. The first-order chi connectivity index (χ1) is 7.26. The average Bonchev–Trinajstić information content (AvgIpc) is 2.22. The van der Waals surface area contributed by atoms with E-state index in [0.717, 1.165) is 12.3 Å². The summed E-state index contributed by atoms with van der Waals surface area (Å²) in [6.45, 7) is 3.48. The zero-order chi connectivity index (χ0) is 11.1. The Bertz CT molecular complexity index is 271. The lowest BCUT2D eigenvalue weighted by Gasteiger charge is -2.13. The number of methoxy groups -OCH3 is 1. The molecule has 0 heterocycles. The molecule has 0 fully saturated rings. The second-order valence-corrected chi connectivity index (χ2v) is 3.56. The number of hydrogen-bond donors (Lipinski definition) is 1. The van der Waals surface area contributed by atoms with Crippen LogP contribution in [0.25, 0.3) is 0 Å². The molecule has 0 spiro atoms. The summed E-state index contributed by atoms with van der Waals surface area (Å²) in [6, 6.07) is 8.09. The highest BCUT2D eigenvalue weighted by Crippen LogP contribution is 2.13. The highest BCUT2D eigenvalue weighted by Gasteiger charge is 2.02. The lowest BCUT2D eigenvalue weighted by atomic mass is 10.2. The van der Waals surface area contributed by atoms with Gasteiger partial charge in [0.2, 0.25) is 0 Å². The molecule has 1 aromatic carbocycles. The van der Waals surface area contributed by atoms with Gasteiger partial charge in [0.15, 0.2) is 0 Å². The van der Waals surface area contributed by atoms with E-state index in [2.05, 4.69) is 17.4 Å². The van der Waals surface area contributed by atoms with E-state index in [0.29, 0.717) is 6.61 Å². The molecule has 0 bridgehead atoms. The number of rotatable bonds is 6. The Morgan fingerprint density at radius 1 is 1.27 bits per heavy atom. The van der Waals surface area contributed by atoms with Crippen molar-refractivity contribution in [1.29, 1.82) is 0 Å². The van der Waals surface area contributed by atoms with Crippen molar-refractivity contribution in [3.05, 3.63) is 29.8 Å². The summed E-state index contributed by atoms with van der Waals surface area (Å²) in [4.78, 5) is 0. The number of nitrogens with one attached hydrogen (secondary N) is 1. The fourth-order valence-electron chi connectivity index (χ4n) is 1.39. The van der Waals surface area contributed by atoms with E-state index in [1.54, 1.807) is 7.11 Å². The SMILES string of the molecule is CNCc1ccc(OC(C)COC)cc1. The van der Waals surface area contributed by atoms with E-state index >= 15 is 0 Å². The summed E-state index contributed by atoms with van der Waals surface area (Å²) in [7, 11) is 3.61. The maximum atomic E-state index is 5.64. The van der Waals surface area contributed by atoms with E-state index in [1.807, 2.05) is 26.1 Å². The van der Waals surface area contributed by atoms with Crippen LogP contribution in [0, 0.1) is 0 Å². The van der Waals surface area contributed by atoms with Crippen molar-refractivity contribution in [2.45, 2.75) is 19.6 Å². The van der Waals surface area contributed by atoms with Gasteiger partial charge in [-0.15, -0.1) is 0 Å². The Balaban J connectivity index is 2.48. The van der Waals surface area contributed by atoms with Crippen LogP contribution in [0.1, 0.15) is 12.5 Å². The Hall–Kier alpha value is -1.06. The summed E-state index contributed by atoms with van der Waals surface area (Å²) in [5, 5.41) is 3.10. The zero-order valence-electron chi connectivity index (χ0n) is 9.62. The zero-order valence-corrected chi connectivity index (χ0v) is 9.62. The Kier molecular flexibility index (Phi) is 5.15. The number of ether oxygens (including phenoxy) is 2. The van der Waals surface area contributed by atoms with E-state index < -0.39 is 0 Å². The van der Waals surface area contributed by atoms with Crippen LogP contribution in [-0.2, 0) is 11.3 Å². The van der Waals surface area contributed by atoms with Crippen molar-refractivity contribution >= 4 is 0 Å². The lowest BCUT2D eigenvalue weighted by Crippen LogP contribution is -2.17. The van der Waals surface area contributed by atoms with Crippen LogP contribution in [0.4, 0.5) is 0 Å². The second-order valence-electron chi connectivity index (χ2n) is 3.56. The Morgan fingerprint density at radius 3 is 2.47 bits per heavy atom. The predicted molar refractivity (Wildman–Crippen MR) is 61.2 cm³/mol. The van der Waals surface area contributed by atoms with Gasteiger partial charge in [-0.3, -0.25) is 0 Å². The maximum Gasteiger partial charge on any atom is 0.119 e. The molecule has 0 aliphatic rings. The van der Waals surface area contributed by atoms with Gasteiger partial charge in [-0.25, -0.2) is 0 Å². The third kappa shape index (κ3) is 4.32. The van der Waals surface area contributed by atoms with Gasteiger partial charge in [-0.1, -0.05) is 12.1 Å². The first-order valence-corrected chi connectivity index (χ1v) is 5.15. The highest BCUT2D eigenvalue weighted by molar-refractivity contribution is 5.27. The van der Waals surface area contributed by atoms with Crippen LogP contribution in [0.2, 0.25) is 0 Å². The van der Waals surface area contributed by atoms with Gasteiger partial charge in [0.05, 0.1) is 6.61 Å². The summed E-state index contributed by atoms with van der Waals surface area (Å²) in [6.07, 6.45) is 0.0881. The third-order valence-electron chi connectivity index (χ3n) is 2.04. The van der Waals surface area contributed by atoms with Crippen molar-refractivity contribution < 1.29 is 9.47 Å². The molecule has 0 saturated heterocycles. The Morgan fingerprint density at radius 2 is 1.93 bits per heavy atom. The minimum absolute atomic E-state index is 0.0881. The second kappa shape index (κ2) is 6.43. The molecule has 3 nitrogen and oxygen atoms in total. The molecule has 0 amide bonds. The molecule has 0 aliphatic heterocycles. The molecule has 0 radical (unpaired) electrons. The predicted octanol–water partition coefficient (Wildman–Crippen LogP) is 1.82. The molecular formula is C12H19NO2. The molecule has 1 N–H and O–H groups in total.